The van der Waals surface area contributed by atoms with Gasteiger partial charge in [0, 0.05) is 37.8 Å². The Morgan fingerprint density at radius 2 is 1.86 bits per heavy atom. The zero-order chi connectivity index (χ0) is 20.5. The van der Waals surface area contributed by atoms with Crippen molar-refractivity contribution in [3.63, 3.8) is 0 Å². The van der Waals surface area contributed by atoms with Gasteiger partial charge in [0.25, 0.3) is 0 Å². The van der Waals surface area contributed by atoms with Crippen LogP contribution in [0.3, 0.4) is 0 Å². The number of benzene rings is 1. The largest absolute Gasteiger partial charge is 0.466 e. The second-order valence-electron chi connectivity index (χ2n) is 8.27. The summed E-state index contributed by atoms with van der Waals surface area (Å²) >= 11 is 0. The Hall–Kier alpha value is -2.50. The van der Waals surface area contributed by atoms with E-state index in [-0.39, 0.29) is 23.2 Å². The molecular formula is C23H25F2NO3. The third kappa shape index (κ3) is 4.41. The number of piperidine rings is 1. The summed E-state index contributed by atoms with van der Waals surface area (Å²) in [5.74, 6) is 0.996. The van der Waals surface area contributed by atoms with Crippen molar-refractivity contribution >= 4 is 11.7 Å². The molecule has 29 heavy (non-hydrogen) atoms. The van der Waals surface area contributed by atoms with Crippen LogP contribution in [0.1, 0.15) is 60.4 Å². The summed E-state index contributed by atoms with van der Waals surface area (Å²) in [5.41, 5.74) is -0.201. The Bertz CT molecular complexity index is 915. The highest BCUT2D eigenvalue weighted by Crippen LogP contribution is 2.47. The Morgan fingerprint density at radius 3 is 2.55 bits per heavy atom. The van der Waals surface area contributed by atoms with E-state index in [1.165, 1.54) is 6.42 Å². The van der Waals surface area contributed by atoms with Crippen LogP contribution in [0.5, 0.6) is 0 Å². The lowest BCUT2D eigenvalue weighted by Crippen LogP contribution is -2.40. The molecule has 1 aromatic carbocycles. The molecule has 0 bridgehead atoms. The molecule has 0 radical (unpaired) electrons. The highest BCUT2D eigenvalue weighted by molar-refractivity contribution is 5.98. The van der Waals surface area contributed by atoms with E-state index in [1.54, 1.807) is 4.90 Å². The number of hydrogen-bond acceptors (Lipinski definition) is 3. The second kappa shape index (κ2) is 8.09. The molecule has 2 fully saturated rings. The molecule has 1 amide bonds. The molecule has 0 spiro atoms. The molecule has 6 heteroatoms. The minimum atomic E-state index is -0.701. The van der Waals surface area contributed by atoms with Gasteiger partial charge in [-0.1, -0.05) is 6.92 Å². The first-order valence-corrected chi connectivity index (χ1v) is 10.3. The molecule has 2 aliphatic rings. The molecular weight excluding hydrogens is 376 g/mol. The van der Waals surface area contributed by atoms with Crippen molar-refractivity contribution in [3.05, 3.63) is 59.1 Å². The van der Waals surface area contributed by atoms with E-state index in [2.05, 4.69) is 6.92 Å². The number of nitrogens with zero attached hydrogens (tertiary/aromatic N) is 1. The van der Waals surface area contributed by atoms with Gasteiger partial charge in [-0.15, -0.1) is 0 Å². The van der Waals surface area contributed by atoms with Crippen LogP contribution in [-0.2, 0) is 11.2 Å². The molecule has 1 aromatic heterocycles. The van der Waals surface area contributed by atoms with E-state index >= 15 is 0 Å². The number of hydrogen-bond donors (Lipinski definition) is 0. The molecule has 0 unspecified atom stereocenters. The molecule has 0 N–H and O–H groups in total. The second-order valence-corrected chi connectivity index (χ2v) is 8.27. The number of aryl methyl sites for hydroxylation is 1. The van der Waals surface area contributed by atoms with Crippen LogP contribution in [0.25, 0.3) is 0 Å². The fraction of sp³-hybridized carbons (Fsp3) is 0.478. The molecule has 1 saturated carbocycles. The maximum Gasteiger partial charge on any atom is 0.223 e. The zero-order valence-corrected chi connectivity index (χ0v) is 16.5. The SMILES string of the molecule is C[C@@H]1C[C@@H]1c1ccc(CCC(=O)N2CCC(C(=O)c3cc(F)ccc3F)CC2)o1. The molecule has 4 nitrogen and oxygen atoms in total. The van der Waals surface area contributed by atoms with Gasteiger partial charge in [-0.2, -0.15) is 0 Å². The van der Waals surface area contributed by atoms with E-state index in [9.17, 15) is 18.4 Å². The molecule has 1 aliphatic carbocycles. The summed E-state index contributed by atoms with van der Waals surface area (Å²) in [7, 11) is 0. The summed E-state index contributed by atoms with van der Waals surface area (Å²) < 4.78 is 33.1. The van der Waals surface area contributed by atoms with E-state index in [0.29, 0.717) is 50.6 Å². The normalized spacial score (nSPS) is 22.0. The molecule has 1 aliphatic heterocycles. The minimum Gasteiger partial charge on any atom is -0.466 e. The molecule has 154 valence electrons. The van der Waals surface area contributed by atoms with Crippen molar-refractivity contribution in [2.24, 2.45) is 11.8 Å². The van der Waals surface area contributed by atoms with Gasteiger partial charge in [0.2, 0.25) is 5.91 Å². The lowest BCUT2D eigenvalue weighted by molar-refractivity contribution is -0.132. The van der Waals surface area contributed by atoms with Crippen molar-refractivity contribution in [2.45, 2.75) is 44.9 Å². The number of furan rings is 1. The van der Waals surface area contributed by atoms with Crippen LogP contribution < -0.4 is 0 Å². The number of halogens is 2. The van der Waals surface area contributed by atoms with Gasteiger partial charge >= 0.3 is 0 Å². The molecule has 1 saturated heterocycles. The molecule has 2 heterocycles. The average molecular weight is 401 g/mol. The number of likely N-dealkylation sites (tertiary alicyclic amines) is 1. The summed E-state index contributed by atoms with van der Waals surface area (Å²) in [6.07, 6.45) is 3.02. The highest BCUT2D eigenvalue weighted by Gasteiger charge is 2.36. The number of Topliss-reactive ketones (excluding diaryl/α,β-unsaturated/α-hetero) is 1. The first-order valence-electron chi connectivity index (χ1n) is 10.3. The van der Waals surface area contributed by atoms with Crippen LogP contribution in [0.2, 0.25) is 0 Å². The van der Waals surface area contributed by atoms with Gasteiger partial charge in [0.05, 0.1) is 5.56 Å². The van der Waals surface area contributed by atoms with Gasteiger partial charge in [-0.05, 0) is 55.5 Å². The van der Waals surface area contributed by atoms with Crippen LogP contribution in [0, 0.1) is 23.5 Å². The maximum atomic E-state index is 13.9. The lowest BCUT2D eigenvalue weighted by Gasteiger charge is -2.31. The smallest absolute Gasteiger partial charge is 0.223 e. The van der Waals surface area contributed by atoms with E-state index in [1.807, 2.05) is 12.1 Å². The number of carbonyl (C=O) groups excluding carboxylic acids is 2. The zero-order valence-electron chi connectivity index (χ0n) is 16.5. The van der Waals surface area contributed by atoms with Crippen LogP contribution >= 0.6 is 0 Å². The van der Waals surface area contributed by atoms with Crippen LogP contribution in [0.15, 0.2) is 34.7 Å². The summed E-state index contributed by atoms with van der Waals surface area (Å²) in [6, 6.07) is 6.89. The fourth-order valence-corrected chi connectivity index (χ4v) is 4.13. The van der Waals surface area contributed by atoms with Crippen molar-refractivity contribution in [1.82, 2.24) is 4.90 Å². The topological polar surface area (TPSA) is 50.5 Å². The number of ketones is 1. The van der Waals surface area contributed by atoms with Crippen molar-refractivity contribution < 1.29 is 22.8 Å². The van der Waals surface area contributed by atoms with Gasteiger partial charge in [0.15, 0.2) is 5.78 Å². The third-order valence-corrected chi connectivity index (χ3v) is 6.15. The van der Waals surface area contributed by atoms with Crippen molar-refractivity contribution in [2.75, 3.05) is 13.1 Å². The Morgan fingerprint density at radius 1 is 1.14 bits per heavy atom. The fourth-order valence-electron chi connectivity index (χ4n) is 4.13. The first kappa shape index (κ1) is 19.8. The molecule has 4 rings (SSSR count). The van der Waals surface area contributed by atoms with Crippen LogP contribution in [0.4, 0.5) is 8.78 Å². The first-order chi connectivity index (χ1) is 13.9. The quantitative estimate of drug-likeness (QED) is 0.657. The third-order valence-electron chi connectivity index (χ3n) is 6.15. The van der Waals surface area contributed by atoms with Crippen molar-refractivity contribution in [1.29, 1.82) is 0 Å². The van der Waals surface area contributed by atoms with E-state index < -0.39 is 11.6 Å². The Labute approximate surface area is 168 Å². The van der Waals surface area contributed by atoms with Crippen LogP contribution in [-0.4, -0.2) is 29.7 Å². The Balaban J connectivity index is 1.26. The van der Waals surface area contributed by atoms with E-state index in [0.717, 1.165) is 29.7 Å². The standard InChI is InChI=1S/C23H25F2NO3/c1-14-12-18(14)21-6-3-17(29-21)4-7-22(27)26-10-8-15(9-11-26)23(28)19-13-16(24)2-5-20(19)25/h2-3,5-6,13-15,18H,4,7-12H2,1H3/t14-,18+/m1/s1. The molecule has 2 atom stereocenters. The predicted octanol–water partition coefficient (Wildman–Crippen LogP) is 4.74. The molecule has 2 aromatic rings. The predicted molar refractivity (Wildman–Crippen MR) is 104 cm³/mol. The van der Waals surface area contributed by atoms with Crippen molar-refractivity contribution in [3.8, 4) is 0 Å². The van der Waals surface area contributed by atoms with E-state index in [4.69, 9.17) is 4.42 Å². The minimum absolute atomic E-state index is 0.0329. The average Bonchev–Trinajstić information content (AvgIpc) is 3.27. The van der Waals surface area contributed by atoms with Gasteiger partial charge in [-0.3, -0.25) is 9.59 Å². The number of rotatable bonds is 6. The monoisotopic (exact) mass is 401 g/mol. The number of carbonyl (C=O) groups is 2. The summed E-state index contributed by atoms with van der Waals surface area (Å²) in [5, 5.41) is 0. The maximum absolute atomic E-state index is 13.9. The van der Waals surface area contributed by atoms with Gasteiger partial charge < -0.3 is 9.32 Å². The highest BCUT2D eigenvalue weighted by atomic mass is 19.1. The summed E-state index contributed by atoms with van der Waals surface area (Å²) in [4.78, 5) is 26.8. The summed E-state index contributed by atoms with van der Waals surface area (Å²) in [6.45, 7) is 3.11. The van der Waals surface area contributed by atoms with Gasteiger partial charge in [0.1, 0.15) is 23.2 Å². The Kier molecular flexibility index (Phi) is 5.52. The lowest BCUT2D eigenvalue weighted by atomic mass is 9.88. The van der Waals surface area contributed by atoms with Gasteiger partial charge in [-0.25, -0.2) is 8.78 Å². The number of amides is 1.